The second-order valence-electron chi connectivity index (χ2n) is 5.13. The Balaban J connectivity index is 4.74. The Morgan fingerprint density at radius 3 is 2.00 bits per heavy atom. The summed E-state index contributed by atoms with van der Waals surface area (Å²) in [5.41, 5.74) is 0. The highest BCUT2D eigenvalue weighted by atomic mass is 31.2. The van der Waals surface area contributed by atoms with Crippen LogP contribution in [0.1, 0.15) is 47.5 Å². The fourth-order valence-electron chi connectivity index (χ4n) is 2.20. The molecule has 6 heteroatoms. The van der Waals surface area contributed by atoms with E-state index in [4.69, 9.17) is 13.8 Å². The largest absolute Gasteiger partial charge is 0.466 e. The fourth-order valence-corrected chi connectivity index (χ4v) is 4.18. The molecule has 0 N–H and O–H groups in total. The molecule has 0 aromatic carbocycles. The minimum atomic E-state index is -3.11. The summed E-state index contributed by atoms with van der Waals surface area (Å²) in [4.78, 5) is 11.6. The van der Waals surface area contributed by atoms with E-state index in [9.17, 15) is 9.36 Å². The maximum absolute atomic E-state index is 12.5. The van der Waals surface area contributed by atoms with Crippen molar-refractivity contribution in [1.82, 2.24) is 0 Å². The van der Waals surface area contributed by atoms with Gasteiger partial charge >= 0.3 is 13.6 Å². The Kier molecular flexibility index (Phi) is 10.2. The first-order valence-corrected chi connectivity index (χ1v) is 9.13. The molecule has 0 saturated carbocycles. The van der Waals surface area contributed by atoms with Crippen LogP contribution >= 0.6 is 7.60 Å². The number of rotatable bonds is 11. The van der Waals surface area contributed by atoms with Crippen LogP contribution in [0.15, 0.2) is 0 Å². The molecule has 0 rings (SSSR count). The number of ether oxygens (including phenoxy) is 1. The molecule has 0 aromatic rings. The van der Waals surface area contributed by atoms with Crippen LogP contribution in [0.25, 0.3) is 0 Å². The Morgan fingerprint density at radius 1 is 1.05 bits per heavy atom. The van der Waals surface area contributed by atoms with Gasteiger partial charge in [0.05, 0.1) is 26.0 Å². The summed E-state index contributed by atoms with van der Waals surface area (Å²) in [7, 11) is -3.11. The molecule has 0 bridgehead atoms. The highest BCUT2D eigenvalue weighted by Crippen LogP contribution is 2.50. The normalized spacial score (nSPS) is 13.5. The molecule has 0 fully saturated rings. The Labute approximate surface area is 122 Å². The van der Waals surface area contributed by atoms with Gasteiger partial charge in [0, 0.05) is 6.42 Å². The lowest BCUT2D eigenvalue weighted by atomic mass is 9.96. The van der Waals surface area contributed by atoms with Crippen molar-refractivity contribution in [2.45, 2.75) is 47.5 Å². The van der Waals surface area contributed by atoms with Crippen molar-refractivity contribution in [3.8, 4) is 0 Å². The average molecular weight is 308 g/mol. The van der Waals surface area contributed by atoms with Gasteiger partial charge in [-0.1, -0.05) is 13.8 Å². The third-order valence-electron chi connectivity index (χ3n) is 2.70. The van der Waals surface area contributed by atoms with E-state index in [1.165, 1.54) is 0 Å². The molecule has 0 aromatic heterocycles. The van der Waals surface area contributed by atoms with Crippen molar-refractivity contribution in [2.75, 3.05) is 26.0 Å². The van der Waals surface area contributed by atoms with Crippen molar-refractivity contribution in [3.05, 3.63) is 0 Å². The highest BCUT2D eigenvalue weighted by molar-refractivity contribution is 7.53. The minimum Gasteiger partial charge on any atom is -0.466 e. The number of esters is 1. The van der Waals surface area contributed by atoms with Crippen molar-refractivity contribution in [2.24, 2.45) is 11.8 Å². The zero-order valence-electron chi connectivity index (χ0n) is 13.4. The van der Waals surface area contributed by atoms with Crippen molar-refractivity contribution in [1.29, 1.82) is 0 Å². The molecular formula is C14H29O5P. The van der Waals surface area contributed by atoms with Gasteiger partial charge in [-0.15, -0.1) is 0 Å². The van der Waals surface area contributed by atoms with E-state index in [0.29, 0.717) is 25.7 Å². The molecule has 0 aliphatic carbocycles. The number of carbonyl (C=O) groups is 1. The van der Waals surface area contributed by atoms with Gasteiger partial charge in [-0.3, -0.25) is 9.36 Å². The van der Waals surface area contributed by atoms with Crippen LogP contribution in [0, 0.1) is 11.8 Å². The topological polar surface area (TPSA) is 61.8 Å². The van der Waals surface area contributed by atoms with E-state index in [-0.39, 0.29) is 24.5 Å². The van der Waals surface area contributed by atoms with Crippen molar-refractivity contribution < 1.29 is 23.1 Å². The summed E-state index contributed by atoms with van der Waals surface area (Å²) in [5, 5.41) is 0. The molecule has 5 nitrogen and oxygen atoms in total. The van der Waals surface area contributed by atoms with Gasteiger partial charge in [-0.05, 0) is 39.0 Å². The molecular weight excluding hydrogens is 279 g/mol. The molecule has 20 heavy (non-hydrogen) atoms. The molecule has 0 radical (unpaired) electrons. The van der Waals surface area contributed by atoms with Gasteiger partial charge in [0.25, 0.3) is 0 Å². The monoisotopic (exact) mass is 308 g/mol. The summed E-state index contributed by atoms with van der Waals surface area (Å²) in [6.45, 7) is 10.5. The quantitative estimate of drug-likeness (QED) is 0.428. The first kappa shape index (κ1) is 19.6. The van der Waals surface area contributed by atoms with Gasteiger partial charge in [-0.25, -0.2) is 0 Å². The lowest BCUT2D eigenvalue weighted by Gasteiger charge is -2.23. The molecule has 0 heterocycles. The van der Waals surface area contributed by atoms with Gasteiger partial charge in [-0.2, -0.15) is 0 Å². The number of carbonyl (C=O) groups excluding carboxylic acids is 1. The van der Waals surface area contributed by atoms with E-state index in [2.05, 4.69) is 13.8 Å². The molecule has 0 saturated heterocycles. The van der Waals surface area contributed by atoms with Crippen LogP contribution in [-0.2, 0) is 23.1 Å². The Morgan fingerprint density at radius 2 is 1.60 bits per heavy atom. The van der Waals surface area contributed by atoms with Crippen LogP contribution in [0.3, 0.4) is 0 Å². The zero-order valence-corrected chi connectivity index (χ0v) is 14.3. The maximum atomic E-state index is 12.5. The van der Waals surface area contributed by atoms with Crippen LogP contribution < -0.4 is 0 Å². The summed E-state index contributed by atoms with van der Waals surface area (Å²) < 4.78 is 28.1. The van der Waals surface area contributed by atoms with E-state index in [1.54, 1.807) is 20.8 Å². The van der Waals surface area contributed by atoms with E-state index >= 15 is 0 Å². The Bertz CT molecular complexity index is 307. The van der Waals surface area contributed by atoms with E-state index < -0.39 is 7.60 Å². The molecule has 1 atom stereocenters. The molecule has 120 valence electrons. The van der Waals surface area contributed by atoms with Crippen LogP contribution in [0.2, 0.25) is 0 Å². The Hall–Kier alpha value is -0.380. The number of hydrogen-bond acceptors (Lipinski definition) is 5. The lowest BCUT2D eigenvalue weighted by molar-refractivity contribution is -0.144. The van der Waals surface area contributed by atoms with Crippen molar-refractivity contribution >= 4 is 13.6 Å². The highest BCUT2D eigenvalue weighted by Gasteiger charge is 2.30. The fraction of sp³-hybridized carbons (Fsp3) is 0.929. The summed E-state index contributed by atoms with van der Waals surface area (Å²) >= 11 is 0. The zero-order chi connectivity index (χ0) is 15.6. The first-order valence-electron chi connectivity index (χ1n) is 7.40. The summed E-state index contributed by atoms with van der Waals surface area (Å²) in [6, 6.07) is 0. The minimum absolute atomic E-state index is 0.0435. The summed E-state index contributed by atoms with van der Waals surface area (Å²) in [6.07, 6.45) is 1.32. The third-order valence-corrected chi connectivity index (χ3v) is 4.97. The van der Waals surface area contributed by atoms with Crippen LogP contribution in [0.4, 0.5) is 0 Å². The number of hydrogen-bond donors (Lipinski definition) is 0. The van der Waals surface area contributed by atoms with Gasteiger partial charge in [0.1, 0.15) is 0 Å². The SMILES string of the molecule is CCOC(=O)CC(CC(C)C)CP(=O)(OCC)OCC. The van der Waals surface area contributed by atoms with Crippen LogP contribution in [-0.4, -0.2) is 32.0 Å². The molecule has 0 aliphatic rings. The predicted molar refractivity (Wildman–Crippen MR) is 79.9 cm³/mol. The smallest absolute Gasteiger partial charge is 0.330 e. The second-order valence-corrected chi connectivity index (χ2v) is 7.24. The maximum Gasteiger partial charge on any atom is 0.330 e. The van der Waals surface area contributed by atoms with Gasteiger partial charge < -0.3 is 13.8 Å². The summed E-state index contributed by atoms with van der Waals surface area (Å²) in [5.74, 6) is 0.113. The van der Waals surface area contributed by atoms with Gasteiger partial charge in [0.2, 0.25) is 0 Å². The third kappa shape index (κ3) is 8.72. The van der Waals surface area contributed by atoms with Crippen LogP contribution in [0.5, 0.6) is 0 Å². The molecule has 0 amide bonds. The lowest BCUT2D eigenvalue weighted by Crippen LogP contribution is -2.18. The van der Waals surface area contributed by atoms with E-state index in [1.807, 2.05) is 0 Å². The van der Waals surface area contributed by atoms with Crippen molar-refractivity contribution in [3.63, 3.8) is 0 Å². The standard InChI is InChI=1S/C14H29O5P/c1-6-17-14(15)10-13(9-12(4)5)11-20(16,18-7-2)19-8-3/h12-13H,6-11H2,1-5H3. The molecule has 0 aliphatic heterocycles. The first-order chi connectivity index (χ1) is 9.36. The van der Waals surface area contributed by atoms with Gasteiger partial charge in [0.15, 0.2) is 0 Å². The molecule has 0 spiro atoms. The second kappa shape index (κ2) is 10.4. The average Bonchev–Trinajstić information content (AvgIpc) is 2.27. The predicted octanol–water partition coefficient (Wildman–Crippen LogP) is 3.87. The van der Waals surface area contributed by atoms with E-state index in [0.717, 1.165) is 6.42 Å². The molecule has 1 unspecified atom stereocenters.